The molecule has 3 nitrogen and oxygen atoms in total. The van der Waals surface area contributed by atoms with Crippen LogP contribution in [0.25, 0.3) is 0 Å². The first kappa shape index (κ1) is 9.65. The van der Waals surface area contributed by atoms with Crippen LogP contribution in [0.3, 0.4) is 0 Å². The van der Waals surface area contributed by atoms with Gasteiger partial charge in [-0.2, -0.15) is 0 Å². The number of aliphatic hydroxyl groups excluding tert-OH is 1. The number of rotatable bonds is 2. The van der Waals surface area contributed by atoms with Gasteiger partial charge in [0.2, 0.25) is 0 Å². The average molecular weight is 194 g/mol. The lowest BCUT2D eigenvalue weighted by atomic mass is 10.1. The molecule has 3 heteroatoms. The van der Waals surface area contributed by atoms with Crippen LogP contribution in [0.1, 0.15) is 17.4 Å². The number of hydrogen-bond donors (Lipinski definition) is 1. The predicted molar refractivity (Wildman–Crippen MR) is 51.8 cm³/mol. The van der Waals surface area contributed by atoms with Gasteiger partial charge in [-0.25, -0.2) is 0 Å². The number of benzene rings is 1. The van der Waals surface area contributed by atoms with Crippen molar-refractivity contribution in [2.24, 2.45) is 0 Å². The third-order valence-corrected chi connectivity index (χ3v) is 2.40. The second-order valence-electron chi connectivity index (χ2n) is 3.46. The van der Waals surface area contributed by atoms with Gasteiger partial charge in [0.25, 0.3) is 0 Å². The highest BCUT2D eigenvalue weighted by molar-refractivity contribution is 5.26. The van der Waals surface area contributed by atoms with Crippen molar-refractivity contribution in [3.63, 3.8) is 0 Å². The third-order valence-electron chi connectivity index (χ3n) is 2.40. The Balaban J connectivity index is 2.13. The lowest BCUT2D eigenvalue weighted by Gasteiger charge is -2.12. The molecule has 1 heterocycles. The Morgan fingerprint density at radius 1 is 1.43 bits per heavy atom. The Hall–Kier alpha value is -0.900. The molecule has 1 aliphatic rings. The molecule has 1 N–H and O–H groups in total. The Kier molecular flexibility index (Phi) is 2.82. The van der Waals surface area contributed by atoms with Crippen LogP contribution in [0.5, 0.6) is 0 Å². The highest BCUT2D eigenvalue weighted by Gasteiger charge is 2.27. The zero-order valence-corrected chi connectivity index (χ0v) is 8.14. The molecule has 1 saturated heterocycles. The fourth-order valence-corrected chi connectivity index (χ4v) is 1.56. The molecule has 14 heavy (non-hydrogen) atoms. The summed E-state index contributed by atoms with van der Waals surface area (Å²) >= 11 is 0. The van der Waals surface area contributed by atoms with Gasteiger partial charge in [0.05, 0.1) is 13.2 Å². The fraction of sp³-hybridized carbons (Fsp3) is 0.455. The van der Waals surface area contributed by atoms with E-state index in [0.29, 0.717) is 6.61 Å². The first-order valence-corrected chi connectivity index (χ1v) is 4.74. The number of aryl methyl sites for hydroxylation is 1. The van der Waals surface area contributed by atoms with Crippen molar-refractivity contribution >= 4 is 0 Å². The Morgan fingerprint density at radius 3 is 2.86 bits per heavy atom. The minimum Gasteiger partial charge on any atom is -0.394 e. The smallest absolute Gasteiger partial charge is 0.184 e. The summed E-state index contributed by atoms with van der Waals surface area (Å²) in [6.45, 7) is 2.51. The summed E-state index contributed by atoms with van der Waals surface area (Å²) in [6, 6.07) is 7.95. The molecule has 0 aromatic heterocycles. The number of aliphatic hydroxyl groups is 1. The summed E-state index contributed by atoms with van der Waals surface area (Å²) in [7, 11) is 0. The largest absolute Gasteiger partial charge is 0.394 e. The van der Waals surface area contributed by atoms with Crippen LogP contribution >= 0.6 is 0 Å². The van der Waals surface area contributed by atoms with E-state index in [2.05, 4.69) is 0 Å². The normalized spacial score (nSPS) is 26.7. The summed E-state index contributed by atoms with van der Waals surface area (Å²) in [5, 5.41) is 8.90. The molecule has 2 atom stereocenters. The topological polar surface area (TPSA) is 38.7 Å². The number of ether oxygens (including phenoxy) is 2. The summed E-state index contributed by atoms with van der Waals surface area (Å²) in [6.07, 6.45) is -0.493. The first-order chi connectivity index (χ1) is 6.81. The van der Waals surface area contributed by atoms with E-state index in [1.807, 2.05) is 31.2 Å². The zero-order chi connectivity index (χ0) is 9.97. The number of hydrogen-bond acceptors (Lipinski definition) is 3. The van der Waals surface area contributed by atoms with E-state index in [-0.39, 0.29) is 19.0 Å². The van der Waals surface area contributed by atoms with Crippen LogP contribution in [0.15, 0.2) is 24.3 Å². The van der Waals surface area contributed by atoms with E-state index in [0.717, 1.165) is 11.1 Å². The molecule has 2 rings (SSSR count). The molecule has 1 aromatic rings. The molecule has 0 unspecified atom stereocenters. The first-order valence-electron chi connectivity index (χ1n) is 4.74. The Labute approximate surface area is 83.3 Å². The molecule has 1 aliphatic heterocycles. The minimum absolute atomic E-state index is 0.0163. The molecule has 1 aromatic carbocycles. The van der Waals surface area contributed by atoms with Gasteiger partial charge in [0.1, 0.15) is 6.10 Å². The summed E-state index contributed by atoms with van der Waals surface area (Å²) < 4.78 is 10.9. The van der Waals surface area contributed by atoms with Crippen molar-refractivity contribution in [1.29, 1.82) is 0 Å². The molecule has 1 fully saturated rings. The molecule has 0 radical (unpaired) electrons. The van der Waals surface area contributed by atoms with Crippen LogP contribution in [-0.4, -0.2) is 24.4 Å². The second kappa shape index (κ2) is 4.09. The van der Waals surface area contributed by atoms with Crippen LogP contribution in [0.2, 0.25) is 0 Å². The van der Waals surface area contributed by atoms with Crippen molar-refractivity contribution < 1.29 is 14.6 Å². The van der Waals surface area contributed by atoms with Gasteiger partial charge in [0, 0.05) is 5.56 Å². The quantitative estimate of drug-likeness (QED) is 0.773. The predicted octanol–water partition coefficient (Wildman–Crippen LogP) is 1.40. The van der Waals surface area contributed by atoms with Gasteiger partial charge in [-0.15, -0.1) is 0 Å². The molecule has 76 valence electrons. The average Bonchev–Trinajstić information content (AvgIpc) is 2.67. The van der Waals surface area contributed by atoms with Crippen molar-refractivity contribution in [1.82, 2.24) is 0 Å². The van der Waals surface area contributed by atoms with Crippen molar-refractivity contribution in [2.75, 3.05) is 13.2 Å². The second-order valence-corrected chi connectivity index (χ2v) is 3.46. The van der Waals surface area contributed by atoms with Crippen molar-refractivity contribution in [3.8, 4) is 0 Å². The van der Waals surface area contributed by atoms with Crippen LogP contribution in [0, 0.1) is 6.92 Å². The molecule has 0 saturated carbocycles. The minimum atomic E-state index is -0.312. The lowest BCUT2D eigenvalue weighted by Crippen LogP contribution is -2.14. The van der Waals surface area contributed by atoms with E-state index >= 15 is 0 Å². The SMILES string of the molecule is Cc1ccccc1[C@@H]1OC[C@H](CO)O1. The van der Waals surface area contributed by atoms with Crippen molar-refractivity contribution in [2.45, 2.75) is 19.3 Å². The Bertz CT molecular complexity index is 311. The monoisotopic (exact) mass is 194 g/mol. The Morgan fingerprint density at radius 2 is 2.21 bits per heavy atom. The van der Waals surface area contributed by atoms with Gasteiger partial charge in [-0.1, -0.05) is 24.3 Å². The maximum absolute atomic E-state index is 8.90. The molecule has 0 amide bonds. The third kappa shape index (κ3) is 1.80. The van der Waals surface area contributed by atoms with E-state index < -0.39 is 0 Å². The molecule has 0 aliphatic carbocycles. The molecular weight excluding hydrogens is 180 g/mol. The van der Waals surface area contributed by atoms with Crippen LogP contribution in [-0.2, 0) is 9.47 Å². The summed E-state index contributed by atoms with van der Waals surface area (Å²) in [4.78, 5) is 0. The highest BCUT2D eigenvalue weighted by Crippen LogP contribution is 2.28. The molecule has 0 bridgehead atoms. The summed E-state index contributed by atoms with van der Waals surface area (Å²) in [5.74, 6) is 0. The lowest BCUT2D eigenvalue weighted by molar-refractivity contribution is -0.0679. The van der Waals surface area contributed by atoms with Crippen LogP contribution < -0.4 is 0 Å². The molecular formula is C11H14O3. The van der Waals surface area contributed by atoms with Gasteiger partial charge < -0.3 is 14.6 Å². The van der Waals surface area contributed by atoms with E-state index in [1.54, 1.807) is 0 Å². The summed E-state index contributed by atoms with van der Waals surface area (Å²) in [5.41, 5.74) is 2.19. The van der Waals surface area contributed by atoms with Gasteiger partial charge in [-0.3, -0.25) is 0 Å². The van der Waals surface area contributed by atoms with E-state index in [4.69, 9.17) is 14.6 Å². The molecule has 0 spiro atoms. The van der Waals surface area contributed by atoms with Gasteiger partial charge in [-0.05, 0) is 12.5 Å². The van der Waals surface area contributed by atoms with E-state index in [9.17, 15) is 0 Å². The standard InChI is InChI=1S/C11H14O3/c1-8-4-2-3-5-10(8)11-13-7-9(6-12)14-11/h2-5,9,11-12H,6-7H2,1H3/t9-,11+/m0/s1. The zero-order valence-electron chi connectivity index (χ0n) is 8.14. The van der Waals surface area contributed by atoms with Gasteiger partial charge in [0.15, 0.2) is 6.29 Å². The maximum atomic E-state index is 8.90. The maximum Gasteiger partial charge on any atom is 0.184 e. The van der Waals surface area contributed by atoms with Gasteiger partial charge >= 0.3 is 0 Å². The van der Waals surface area contributed by atoms with Crippen molar-refractivity contribution in [3.05, 3.63) is 35.4 Å². The van der Waals surface area contributed by atoms with E-state index in [1.165, 1.54) is 0 Å². The van der Waals surface area contributed by atoms with Crippen LogP contribution in [0.4, 0.5) is 0 Å². The highest BCUT2D eigenvalue weighted by atomic mass is 16.7. The fourth-order valence-electron chi connectivity index (χ4n) is 1.56.